The third-order valence-corrected chi connectivity index (χ3v) is 3.23. The van der Waals surface area contributed by atoms with Crippen LogP contribution in [0.25, 0.3) is 0 Å². The number of carbonyl (C=O) groups is 1. The van der Waals surface area contributed by atoms with Gasteiger partial charge < -0.3 is 30.5 Å². The molecule has 1 aliphatic heterocycles. The molecule has 5 atom stereocenters. The molecule has 0 radical (unpaired) electrons. The predicted molar refractivity (Wildman–Crippen MR) is 67.7 cm³/mol. The van der Waals surface area contributed by atoms with Crippen molar-refractivity contribution in [1.82, 2.24) is 5.32 Å². The number of nitrogens with one attached hydrogen (secondary N) is 1. The van der Waals surface area contributed by atoms with Crippen LogP contribution in [0.15, 0.2) is 30.3 Å². The van der Waals surface area contributed by atoms with E-state index in [9.17, 15) is 20.1 Å². The quantitative estimate of drug-likeness (QED) is 0.447. The van der Waals surface area contributed by atoms with Crippen LogP contribution in [0.1, 0.15) is 10.4 Å². The Bertz CT molecular complexity index is 453. The largest absolute Gasteiger partial charge is 0.394 e. The van der Waals surface area contributed by atoms with Crippen molar-refractivity contribution < 1.29 is 30.0 Å². The first kappa shape index (κ1) is 14.9. The fourth-order valence-electron chi connectivity index (χ4n) is 2.08. The highest BCUT2D eigenvalue weighted by molar-refractivity contribution is 5.94. The predicted octanol–water partition coefficient (Wildman–Crippen LogP) is -1.78. The van der Waals surface area contributed by atoms with Gasteiger partial charge in [-0.25, -0.2) is 0 Å². The summed E-state index contributed by atoms with van der Waals surface area (Å²) in [5.74, 6) is -0.507. The number of ether oxygens (including phenoxy) is 1. The Kier molecular flexibility index (Phi) is 4.69. The van der Waals surface area contributed by atoms with Gasteiger partial charge in [-0.05, 0) is 12.1 Å². The first-order valence-electron chi connectivity index (χ1n) is 6.21. The third kappa shape index (κ3) is 2.97. The van der Waals surface area contributed by atoms with Gasteiger partial charge in [0.05, 0.1) is 6.61 Å². The number of aliphatic hydroxyl groups is 4. The lowest BCUT2D eigenvalue weighted by atomic mass is 9.97. The number of amides is 1. The molecule has 20 heavy (non-hydrogen) atoms. The molecule has 0 aliphatic carbocycles. The number of hydrogen-bond donors (Lipinski definition) is 5. The fraction of sp³-hybridized carbons (Fsp3) is 0.462. The van der Waals surface area contributed by atoms with Gasteiger partial charge in [0.2, 0.25) is 0 Å². The Morgan fingerprint density at radius 2 is 1.80 bits per heavy atom. The second-order valence-corrected chi connectivity index (χ2v) is 4.59. The molecule has 7 heteroatoms. The standard InChI is InChI=1S/C13H17NO6/c15-6-8-10(16)11(17)9(13(19)20-8)14-12(18)7-4-2-1-3-5-7/h1-5,8-11,13,15-17,19H,6H2,(H,14,18)/t8?,9?,10-,11?,13?/m1/s1. The molecular weight excluding hydrogens is 266 g/mol. The van der Waals surface area contributed by atoms with Crippen LogP contribution in [0.4, 0.5) is 0 Å². The van der Waals surface area contributed by atoms with Crippen molar-refractivity contribution >= 4 is 5.91 Å². The Morgan fingerprint density at radius 1 is 1.15 bits per heavy atom. The third-order valence-electron chi connectivity index (χ3n) is 3.23. The van der Waals surface area contributed by atoms with Gasteiger partial charge in [-0.2, -0.15) is 0 Å². The minimum absolute atomic E-state index is 0.352. The number of carbonyl (C=O) groups excluding carboxylic acids is 1. The SMILES string of the molecule is O=C(NC1C(O)OC(CO)[C@@H](O)C1O)c1ccccc1. The molecule has 110 valence electrons. The number of aliphatic hydroxyl groups excluding tert-OH is 4. The first-order valence-corrected chi connectivity index (χ1v) is 6.21. The van der Waals surface area contributed by atoms with E-state index >= 15 is 0 Å². The van der Waals surface area contributed by atoms with Crippen molar-refractivity contribution in [3.05, 3.63) is 35.9 Å². The molecule has 1 fully saturated rings. The van der Waals surface area contributed by atoms with Gasteiger partial charge >= 0.3 is 0 Å². The smallest absolute Gasteiger partial charge is 0.251 e. The van der Waals surface area contributed by atoms with E-state index < -0.39 is 43.2 Å². The molecule has 7 nitrogen and oxygen atoms in total. The molecule has 0 saturated carbocycles. The minimum atomic E-state index is -1.52. The summed E-state index contributed by atoms with van der Waals surface area (Å²) in [7, 11) is 0. The highest BCUT2D eigenvalue weighted by atomic mass is 16.6. The first-order chi connectivity index (χ1) is 9.54. The molecule has 1 aliphatic rings. The lowest BCUT2D eigenvalue weighted by Crippen LogP contribution is -2.64. The summed E-state index contributed by atoms with van der Waals surface area (Å²) in [6.45, 7) is -0.547. The van der Waals surface area contributed by atoms with Gasteiger partial charge in [0.1, 0.15) is 24.4 Å². The molecular formula is C13H17NO6. The molecule has 4 unspecified atom stereocenters. The van der Waals surface area contributed by atoms with E-state index in [1.165, 1.54) is 0 Å². The van der Waals surface area contributed by atoms with Crippen LogP contribution >= 0.6 is 0 Å². The highest BCUT2D eigenvalue weighted by Crippen LogP contribution is 2.20. The number of hydrogen-bond acceptors (Lipinski definition) is 6. The van der Waals surface area contributed by atoms with E-state index in [2.05, 4.69) is 5.32 Å². The van der Waals surface area contributed by atoms with Crippen molar-refractivity contribution in [2.45, 2.75) is 30.6 Å². The summed E-state index contributed by atoms with van der Waals surface area (Å²) in [4.78, 5) is 11.9. The van der Waals surface area contributed by atoms with Gasteiger partial charge in [0.25, 0.3) is 5.91 Å². The summed E-state index contributed by atoms with van der Waals surface area (Å²) in [5, 5.41) is 40.7. The molecule has 5 N–H and O–H groups in total. The van der Waals surface area contributed by atoms with Gasteiger partial charge in [-0.3, -0.25) is 4.79 Å². The number of rotatable bonds is 3. The summed E-state index contributed by atoms with van der Waals surface area (Å²) < 4.78 is 4.95. The highest BCUT2D eigenvalue weighted by Gasteiger charge is 2.44. The van der Waals surface area contributed by atoms with Crippen molar-refractivity contribution in [2.24, 2.45) is 0 Å². The monoisotopic (exact) mass is 283 g/mol. The van der Waals surface area contributed by atoms with Crippen molar-refractivity contribution in [3.63, 3.8) is 0 Å². The summed E-state index contributed by atoms with van der Waals surface area (Å²) >= 11 is 0. The molecule has 0 aromatic heterocycles. The van der Waals surface area contributed by atoms with Crippen LogP contribution in [-0.2, 0) is 4.74 Å². The summed E-state index contributed by atoms with van der Waals surface area (Å²) in [5.41, 5.74) is 0.352. The molecule has 0 spiro atoms. The fourth-order valence-corrected chi connectivity index (χ4v) is 2.08. The molecule has 1 amide bonds. The zero-order valence-corrected chi connectivity index (χ0v) is 10.6. The van der Waals surface area contributed by atoms with Gasteiger partial charge in [0, 0.05) is 5.56 Å². The minimum Gasteiger partial charge on any atom is -0.394 e. The van der Waals surface area contributed by atoms with Gasteiger partial charge in [-0.15, -0.1) is 0 Å². The van der Waals surface area contributed by atoms with Crippen LogP contribution in [0, 0.1) is 0 Å². The molecule has 1 aromatic rings. The van der Waals surface area contributed by atoms with Crippen molar-refractivity contribution in [2.75, 3.05) is 6.61 Å². The lowest BCUT2D eigenvalue weighted by molar-refractivity contribution is -0.252. The Balaban J connectivity index is 2.07. The molecule has 1 heterocycles. The van der Waals surface area contributed by atoms with Gasteiger partial charge in [-0.1, -0.05) is 18.2 Å². The van der Waals surface area contributed by atoms with Crippen molar-refractivity contribution in [3.8, 4) is 0 Å². The maximum Gasteiger partial charge on any atom is 0.251 e. The van der Waals surface area contributed by atoms with Crippen LogP contribution < -0.4 is 5.32 Å². The Labute approximate surface area is 115 Å². The zero-order valence-electron chi connectivity index (χ0n) is 10.6. The Morgan fingerprint density at radius 3 is 2.40 bits per heavy atom. The van der Waals surface area contributed by atoms with E-state index in [1.807, 2.05) is 0 Å². The molecule has 1 saturated heterocycles. The van der Waals surface area contributed by atoms with Crippen LogP contribution in [0.3, 0.4) is 0 Å². The van der Waals surface area contributed by atoms with E-state index in [0.717, 1.165) is 0 Å². The van der Waals surface area contributed by atoms with Crippen LogP contribution in [0.2, 0.25) is 0 Å². The van der Waals surface area contributed by atoms with E-state index in [4.69, 9.17) is 9.84 Å². The van der Waals surface area contributed by atoms with E-state index in [-0.39, 0.29) is 0 Å². The normalized spacial score (nSPS) is 33.7. The van der Waals surface area contributed by atoms with Crippen LogP contribution in [0.5, 0.6) is 0 Å². The van der Waals surface area contributed by atoms with E-state index in [1.54, 1.807) is 30.3 Å². The average molecular weight is 283 g/mol. The molecule has 2 rings (SSSR count). The second-order valence-electron chi connectivity index (χ2n) is 4.59. The average Bonchev–Trinajstić information content (AvgIpc) is 2.48. The Hall–Kier alpha value is -1.51. The zero-order chi connectivity index (χ0) is 14.7. The van der Waals surface area contributed by atoms with Crippen molar-refractivity contribution in [1.29, 1.82) is 0 Å². The topological polar surface area (TPSA) is 119 Å². The molecule has 1 aromatic carbocycles. The van der Waals surface area contributed by atoms with E-state index in [0.29, 0.717) is 5.56 Å². The maximum absolute atomic E-state index is 11.9. The number of benzene rings is 1. The van der Waals surface area contributed by atoms with Gasteiger partial charge in [0.15, 0.2) is 6.29 Å². The van der Waals surface area contributed by atoms with Crippen LogP contribution in [-0.4, -0.2) is 63.6 Å². The molecule has 0 bridgehead atoms. The summed E-state index contributed by atoms with van der Waals surface area (Å²) in [6.07, 6.45) is -5.45. The second kappa shape index (κ2) is 6.29. The maximum atomic E-state index is 11.9. The lowest BCUT2D eigenvalue weighted by Gasteiger charge is -2.40. The summed E-state index contributed by atoms with van der Waals surface area (Å²) in [6, 6.07) is 7.07.